The van der Waals surface area contributed by atoms with Crippen LogP contribution in [0.3, 0.4) is 0 Å². The van der Waals surface area contributed by atoms with Gasteiger partial charge in [0.05, 0.1) is 24.1 Å². The molecule has 2 rings (SSSR count). The first kappa shape index (κ1) is 12.1. The van der Waals surface area contributed by atoms with Gasteiger partial charge in [0.15, 0.2) is 0 Å². The lowest BCUT2D eigenvalue weighted by Crippen LogP contribution is -2.04. The van der Waals surface area contributed by atoms with Gasteiger partial charge in [0, 0.05) is 19.0 Å². The fraction of sp³-hybridized carbons (Fsp3) is 0.455. The lowest BCUT2D eigenvalue weighted by molar-refractivity contribution is 0.375. The summed E-state index contributed by atoms with van der Waals surface area (Å²) in [6.45, 7) is 2.75. The number of hydrogen-bond acceptors (Lipinski definition) is 5. The molecule has 0 unspecified atom stereocenters. The van der Waals surface area contributed by atoms with Crippen LogP contribution < -0.4 is 10.1 Å². The first-order chi connectivity index (χ1) is 8.17. The van der Waals surface area contributed by atoms with E-state index < -0.39 is 0 Å². The van der Waals surface area contributed by atoms with Gasteiger partial charge in [-0.1, -0.05) is 0 Å². The predicted octanol–water partition coefficient (Wildman–Crippen LogP) is 1.58. The number of thiazole rings is 1. The molecular weight excluding hydrogens is 236 g/mol. The molecule has 0 aliphatic heterocycles. The molecule has 2 aromatic heterocycles. The van der Waals surface area contributed by atoms with E-state index in [-0.39, 0.29) is 0 Å². The number of hydrogen-bond donors (Lipinski definition) is 1. The summed E-state index contributed by atoms with van der Waals surface area (Å²) >= 11 is 1.62. The van der Waals surface area contributed by atoms with E-state index in [9.17, 15) is 0 Å². The summed E-state index contributed by atoms with van der Waals surface area (Å²) in [7, 11) is 5.44. The fourth-order valence-corrected chi connectivity index (χ4v) is 2.71. The summed E-state index contributed by atoms with van der Waals surface area (Å²) in [5.74, 6) is 0.757. The van der Waals surface area contributed by atoms with Gasteiger partial charge >= 0.3 is 0 Å². The third kappa shape index (κ3) is 2.18. The van der Waals surface area contributed by atoms with Crippen molar-refractivity contribution in [1.29, 1.82) is 0 Å². The topological polar surface area (TPSA) is 52.0 Å². The zero-order chi connectivity index (χ0) is 12.4. The van der Waals surface area contributed by atoms with Crippen molar-refractivity contribution in [3.05, 3.63) is 16.8 Å². The number of rotatable bonds is 4. The van der Waals surface area contributed by atoms with Crippen LogP contribution in [0.1, 0.15) is 11.4 Å². The number of ether oxygens (including phenoxy) is 1. The molecule has 0 spiro atoms. The van der Waals surface area contributed by atoms with Crippen molar-refractivity contribution in [1.82, 2.24) is 20.1 Å². The van der Waals surface area contributed by atoms with Crippen LogP contribution in [0.15, 0.2) is 5.38 Å². The van der Waals surface area contributed by atoms with Crippen molar-refractivity contribution in [3.8, 4) is 16.5 Å². The quantitative estimate of drug-likeness (QED) is 0.897. The minimum atomic E-state index is 0.757. The highest BCUT2D eigenvalue weighted by molar-refractivity contribution is 7.13. The molecule has 17 heavy (non-hydrogen) atoms. The molecule has 1 N–H and O–H groups in total. The van der Waals surface area contributed by atoms with Crippen LogP contribution in [0, 0.1) is 6.92 Å². The zero-order valence-electron chi connectivity index (χ0n) is 10.4. The number of nitrogens with zero attached hydrogens (tertiary/aromatic N) is 3. The molecule has 0 aliphatic rings. The van der Waals surface area contributed by atoms with E-state index in [1.807, 2.05) is 21.0 Å². The molecule has 0 aliphatic carbocycles. The normalized spacial score (nSPS) is 10.8. The van der Waals surface area contributed by atoms with Crippen LogP contribution in [0.4, 0.5) is 0 Å². The summed E-state index contributed by atoms with van der Waals surface area (Å²) in [6, 6.07) is 0. The molecule has 0 amide bonds. The number of aromatic nitrogens is 3. The van der Waals surface area contributed by atoms with Crippen LogP contribution in [-0.4, -0.2) is 28.9 Å². The van der Waals surface area contributed by atoms with E-state index in [0.29, 0.717) is 0 Å². The van der Waals surface area contributed by atoms with Crippen molar-refractivity contribution in [2.75, 3.05) is 14.2 Å². The van der Waals surface area contributed by atoms with Crippen LogP contribution in [0.25, 0.3) is 10.6 Å². The lowest BCUT2D eigenvalue weighted by Gasteiger charge is -2.01. The minimum Gasteiger partial charge on any atom is -0.481 e. The van der Waals surface area contributed by atoms with Crippen molar-refractivity contribution in [3.63, 3.8) is 0 Å². The Kier molecular flexibility index (Phi) is 3.44. The Morgan fingerprint density at radius 1 is 1.53 bits per heavy atom. The molecule has 0 saturated heterocycles. The molecule has 0 radical (unpaired) electrons. The smallest absolute Gasteiger partial charge is 0.222 e. The van der Waals surface area contributed by atoms with Crippen LogP contribution in [0.2, 0.25) is 0 Å². The molecule has 6 heteroatoms. The maximum atomic E-state index is 5.37. The van der Waals surface area contributed by atoms with Crippen molar-refractivity contribution >= 4 is 11.3 Å². The molecule has 0 fully saturated rings. The van der Waals surface area contributed by atoms with Crippen molar-refractivity contribution in [2.45, 2.75) is 13.5 Å². The van der Waals surface area contributed by atoms with Gasteiger partial charge in [-0.25, -0.2) is 9.67 Å². The second-order valence-corrected chi connectivity index (χ2v) is 4.63. The summed E-state index contributed by atoms with van der Waals surface area (Å²) in [4.78, 5) is 4.58. The molecule has 0 atom stereocenters. The Morgan fingerprint density at radius 3 is 2.94 bits per heavy atom. The molecular formula is C11H16N4OS. The van der Waals surface area contributed by atoms with E-state index in [2.05, 4.69) is 20.8 Å². The lowest BCUT2D eigenvalue weighted by atomic mass is 10.2. The van der Waals surface area contributed by atoms with Gasteiger partial charge < -0.3 is 10.1 Å². The van der Waals surface area contributed by atoms with Gasteiger partial charge in [0.25, 0.3) is 0 Å². The number of aryl methyl sites for hydroxylation is 2. The van der Waals surface area contributed by atoms with Gasteiger partial charge in [0.2, 0.25) is 5.88 Å². The summed E-state index contributed by atoms with van der Waals surface area (Å²) < 4.78 is 7.11. The van der Waals surface area contributed by atoms with E-state index >= 15 is 0 Å². The average molecular weight is 252 g/mol. The first-order valence-electron chi connectivity index (χ1n) is 5.34. The molecule has 0 bridgehead atoms. The third-order valence-corrected chi connectivity index (χ3v) is 3.40. The molecule has 0 aromatic carbocycles. The monoisotopic (exact) mass is 252 g/mol. The van der Waals surface area contributed by atoms with Crippen LogP contribution in [-0.2, 0) is 13.6 Å². The molecule has 92 valence electrons. The largest absolute Gasteiger partial charge is 0.481 e. The average Bonchev–Trinajstić information content (AvgIpc) is 2.83. The Morgan fingerprint density at radius 2 is 2.29 bits per heavy atom. The van der Waals surface area contributed by atoms with Crippen LogP contribution >= 0.6 is 11.3 Å². The Labute approximate surface area is 104 Å². The molecule has 0 saturated carbocycles. The third-order valence-electron chi connectivity index (χ3n) is 2.49. The second kappa shape index (κ2) is 4.85. The van der Waals surface area contributed by atoms with Gasteiger partial charge in [-0.2, -0.15) is 5.10 Å². The molecule has 2 heterocycles. The van der Waals surface area contributed by atoms with E-state index in [4.69, 9.17) is 4.74 Å². The highest BCUT2D eigenvalue weighted by atomic mass is 32.1. The van der Waals surface area contributed by atoms with E-state index in [1.165, 1.54) is 0 Å². The number of nitrogens with one attached hydrogen (secondary N) is 1. The van der Waals surface area contributed by atoms with Gasteiger partial charge in [-0.3, -0.25) is 0 Å². The highest BCUT2D eigenvalue weighted by Crippen LogP contribution is 2.34. The standard InChI is InChI=1S/C11H16N4OS/c1-7-9(11(16-4)15(3)14-7)10-13-8(5-12-2)6-17-10/h6,12H,5H2,1-4H3. The van der Waals surface area contributed by atoms with E-state index in [0.717, 1.165) is 34.4 Å². The summed E-state index contributed by atoms with van der Waals surface area (Å²) in [6.07, 6.45) is 0. The second-order valence-electron chi connectivity index (χ2n) is 3.77. The van der Waals surface area contributed by atoms with Crippen molar-refractivity contribution < 1.29 is 4.74 Å². The highest BCUT2D eigenvalue weighted by Gasteiger charge is 2.18. The summed E-state index contributed by atoms with van der Waals surface area (Å²) in [5, 5.41) is 10.5. The SMILES string of the molecule is CNCc1csc(-c2c(C)nn(C)c2OC)n1. The summed E-state index contributed by atoms with van der Waals surface area (Å²) in [5.41, 5.74) is 2.97. The Bertz CT molecular complexity index is 518. The van der Waals surface area contributed by atoms with Gasteiger partial charge in [0.1, 0.15) is 5.01 Å². The minimum absolute atomic E-state index is 0.757. The van der Waals surface area contributed by atoms with Gasteiger partial charge in [-0.05, 0) is 14.0 Å². The predicted molar refractivity (Wildman–Crippen MR) is 68.4 cm³/mol. The zero-order valence-corrected chi connectivity index (χ0v) is 11.3. The number of methoxy groups -OCH3 is 1. The Balaban J connectivity index is 2.44. The van der Waals surface area contributed by atoms with Crippen LogP contribution in [0.5, 0.6) is 5.88 Å². The Hall–Kier alpha value is -1.40. The maximum absolute atomic E-state index is 5.37. The fourth-order valence-electron chi connectivity index (χ4n) is 1.80. The molecule has 5 nitrogen and oxygen atoms in total. The van der Waals surface area contributed by atoms with Crippen molar-refractivity contribution in [2.24, 2.45) is 7.05 Å². The maximum Gasteiger partial charge on any atom is 0.222 e. The first-order valence-corrected chi connectivity index (χ1v) is 6.22. The van der Waals surface area contributed by atoms with E-state index in [1.54, 1.807) is 23.1 Å². The molecule has 2 aromatic rings. The van der Waals surface area contributed by atoms with Gasteiger partial charge in [-0.15, -0.1) is 11.3 Å².